The van der Waals surface area contributed by atoms with Crippen molar-refractivity contribution in [2.24, 2.45) is 7.05 Å². The minimum Gasteiger partial charge on any atom is -0.378 e. The van der Waals surface area contributed by atoms with Crippen LogP contribution in [-0.2, 0) is 52.4 Å². The number of carbonyl (C=O) groups is 1. The molecule has 9 heteroatoms. The molecule has 2 aliphatic heterocycles. The zero-order valence-corrected chi connectivity index (χ0v) is 19.0. The Balaban J connectivity index is 1.53. The van der Waals surface area contributed by atoms with Gasteiger partial charge in [-0.05, 0) is 18.1 Å². The van der Waals surface area contributed by atoms with Gasteiger partial charge in [-0.25, -0.2) is 8.42 Å². The van der Waals surface area contributed by atoms with E-state index >= 15 is 0 Å². The van der Waals surface area contributed by atoms with Crippen molar-refractivity contribution in [2.45, 2.75) is 44.0 Å². The summed E-state index contributed by atoms with van der Waals surface area (Å²) >= 11 is 0. The zero-order chi connectivity index (χ0) is 22.0. The molecule has 0 N–H and O–H groups in total. The standard InChI is InChI=1S/C22H30N4O4S/c1-3-17-6-4-5-7-21(17)31(28,29)26-11-10-20-18(16-26)19(23-24(20)2)8-9-22(27)25-12-14-30-15-13-25/h4-7H,3,8-16H2,1-2H3. The Morgan fingerprint density at radius 1 is 1.16 bits per heavy atom. The molecular weight excluding hydrogens is 416 g/mol. The molecule has 31 heavy (non-hydrogen) atoms. The highest BCUT2D eigenvalue weighted by atomic mass is 32.2. The van der Waals surface area contributed by atoms with Crippen LogP contribution in [0.25, 0.3) is 0 Å². The van der Waals surface area contributed by atoms with Gasteiger partial charge in [0.05, 0.1) is 23.8 Å². The van der Waals surface area contributed by atoms with Crippen LogP contribution in [0.2, 0.25) is 0 Å². The number of amides is 1. The minimum atomic E-state index is -3.60. The summed E-state index contributed by atoms with van der Waals surface area (Å²) in [6.07, 6.45) is 2.16. The molecule has 2 aromatic rings. The van der Waals surface area contributed by atoms with E-state index in [0.29, 0.717) is 70.0 Å². The highest BCUT2D eigenvalue weighted by molar-refractivity contribution is 7.89. The molecule has 0 radical (unpaired) electrons. The second-order valence-electron chi connectivity index (χ2n) is 8.04. The van der Waals surface area contributed by atoms with Crippen molar-refractivity contribution >= 4 is 15.9 Å². The number of aryl methyl sites for hydroxylation is 3. The van der Waals surface area contributed by atoms with Crippen LogP contribution in [-0.4, -0.2) is 66.2 Å². The van der Waals surface area contributed by atoms with Gasteiger partial charge in [-0.3, -0.25) is 9.48 Å². The largest absolute Gasteiger partial charge is 0.378 e. The van der Waals surface area contributed by atoms with E-state index in [1.54, 1.807) is 16.4 Å². The number of hydrogen-bond acceptors (Lipinski definition) is 5. The minimum absolute atomic E-state index is 0.0971. The summed E-state index contributed by atoms with van der Waals surface area (Å²) in [5.41, 5.74) is 3.66. The normalized spacial score (nSPS) is 17.5. The molecule has 1 aromatic heterocycles. The Hall–Kier alpha value is -2.23. The van der Waals surface area contributed by atoms with Crippen LogP contribution in [0.3, 0.4) is 0 Å². The third-order valence-corrected chi connectivity index (χ3v) is 8.15. The number of carbonyl (C=O) groups excluding carboxylic acids is 1. The quantitative estimate of drug-likeness (QED) is 0.672. The van der Waals surface area contributed by atoms with Gasteiger partial charge in [0.25, 0.3) is 0 Å². The highest BCUT2D eigenvalue weighted by Crippen LogP contribution is 2.29. The SMILES string of the molecule is CCc1ccccc1S(=O)(=O)N1CCc2c(c(CCC(=O)N3CCOCC3)nn2C)C1. The van der Waals surface area contributed by atoms with Crippen molar-refractivity contribution in [3.8, 4) is 0 Å². The molecule has 1 fully saturated rings. The van der Waals surface area contributed by atoms with E-state index < -0.39 is 10.0 Å². The van der Waals surface area contributed by atoms with Gasteiger partial charge < -0.3 is 9.64 Å². The Kier molecular flexibility index (Phi) is 6.45. The third-order valence-electron chi connectivity index (χ3n) is 6.20. The van der Waals surface area contributed by atoms with Gasteiger partial charge in [0.1, 0.15) is 0 Å². The average molecular weight is 447 g/mol. The summed E-state index contributed by atoms with van der Waals surface area (Å²) in [4.78, 5) is 14.8. The average Bonchev–Trinajstić information content (AvgIpc) is 3.13. The van der Waals surface area contributed by atoms with Crippen LogP contribution in [0, 0.1) is 0 Å². The lowest BCUT2D eigenvalue weighted by Gasteiger charge is -2.28. The van der Waals surface area contributed by atoms with E-state index in [1.807, 2.05) is 35.7 Å². The monoisotopic (exact) mass is 446 g/mol. The van der Waals surface area contributed by atoms with Crippen LogP contribution in [0.15, 0.2) is 29.2 Å². The summed E-state index contributed by atoms with van der Waals surface area (Å²) in [7, 11) is -1.70. The molecule has 4 rings (SSSR count). The lowest BCUT2D eigenvalue weighted by Crippen LogP contribution is -2.40. The number of sulfonamides is 1. The van der Waals surface area contributed by atoms with E-state index in [0.717, 1.165) is 22.5 Å². The number of aromatic nitrogens is 2. The summed E-state index contributed by atoms with van der Waals surface area (Å²) < 4.78 is 35.5. The second-order valence-corrected chi connectivity index (χ2v) is 9.94. The van der Waals surface area contributed by atoms with Crippen LogP contribution in [0.5, 0.6) is 0 Å². The number of morpholine rings is 1. The Labute approximate surface area is 183 Å². The van der Waals surface area contributed by atoms with Crippen LogP contribution < -0.4 is 0 Å². The van der Waals surface area contributed by atoms with Crippen LogP contribution >= 0.6 is 0 Å². The zero-order valence-electron chi connectivity index (χ0n) is 18.2. The van der Waals surface area contributed by atoms with Gasteiger partial charge in [-0.15, -0.1) is 0 Å². The molecular formula is C22H30N4O4S. The number of hydrogen-bond donors (Lipinski definition) is 0. The highest BCUT2D eigenvalue weighted by Gasteiger charge is 2.33. The van der Waals surface area contributed by atoms with E-state index in [9.17, 15) is 13.2 Å². The lowest BCUT2D eigenvalue weighted by molar-refractivity contribution is -0.135. The van der Waals surface area contributed by atoms with Gasteiger partial charge in [0.2, 0.25) is 15.9 Å². The number of rotatable bonds is 6. The van der Waals surface area contributed by atoms with Crippen molar-refractivity contribution in [3.63, 3.8) is 0 Å². The molecule has 0 bridgehead atoms. The van der Waals surface area contributed by atoms with Gasteiger partial charge in [0.15, 0.2) is 0 Å². The molecule has 1 aromatic carbocycles. The second kappa shape index (κ2) is 9.10. The summed E-state index contributed by atoms with van der Waals surface area (Å²) in [5, 5.41) is 4.63. The molecule has 3 heterocycles. The maximum absolute atomic E-state index is 13.4. The number of benzene rings is 1. The molecule has 0 spiro atoms. The molecule has 168 valence electrons. The maximum atomic E-state index is 13.4. The molecule has 0 saturated carbocycles. The first kappa shape index (κ1) is 22.0. The molecule has 2 aliphatic rings. The van der Waals surface area contributed by atoms with Gasteiger partial charge in [-0.2, -0.15) is 9.40 Å². The van der Waals surface area contributed by atoms with Crippen molar-refractivity contribution in [1.29, 1.82) is 0 Å². The van der Waals surface area contributed by atoms with E-state index in [-0.39, 0.29) is 5.91 Å². The first-order valence-corrected chi connectivity index (χ1v) is 12.3. The van der Waals surface area contributed by atoms with E-state index in [1.165, 1.54) is 0 Å². The fourth-order valence-electron chi connectivity index (χ4n) is 4.43. The van der Waals surface area contributed by atoms with Crippen molar-refractivity contribution in [2.75, 3.05) is 32.8 Å². The topological polar surface area (TPSA) is 84.7 Å². The summed E-state index contributed by atoms with van der Waals surface area (Å²) in [5.74, 6) is 0.0971. The van der Waals surface area contributed by atoms with Crippen molar-refractivity contribution < 1.29 is 17.9 Å². The molecule has 1 amide bonds. The van der Waals surface area contributed by atoms with E-state index in [4.69, 9.17) is 4.74 Å². The van der Waals surface area contributed by atoms with Gasteiger partial charge in [0, 0.05) is 63.7 Å². The first-order chi connectivity index (χ1) is 14.9. The molecule has 0 atom stereocenters. The Bertz CT molecular complexity index is 1060. The fraction of sp³-hybridized carbons (Fsp3) is 0.545. The summed E-state index contributed by atoms with van der Waals surface area (Å²) in [6, 6.07) is 7.20. The molecule has 0 unspecified atom stereocenters. The van der Waals surface area contributed by atoms with Crippen LogP contribution in [0.4, 0.5) is 0 Å². The Morgan fingerprint density at radius 3 is 2.65 bits per heavy atom. The molecule has 0 aliphatic carbocycles. The maximum Gasteiger partial charge on any atom is 0.243 e. The van der Waals surface area contributed by atoms with E-state index in [2.05, 4.69) is 5.10 Å². The van der Waals surface area contributed by atoms with Crippen LogP contribution in [0.1, 0.15) is 35.9 Å². The lowest BCUT2D eigenvalue weighted by atomic mass is 10.0. The summed E-state index contributed by atoms with van der Waals surface area (Å²) in [6.45, 7) is 5.11. The molecule has 1 saturated heterocycles. The number of fused-ring (bicyclic) bond motifs is 1. The first-order valence-electron chi connectivity index (χ1n) is 10.9. The number of ether oxygens (including phenoxy) is 1. The third kappa shape index (κ3) is 4.40. The van der Waals surface area contributed by atoms with Gasteiger partial charge in [-0.1, -0.05) is 25.1 Å². The fourth-order valence-corrected chi connectivity index (χ4v) is 6.14. The van der Waals surface area contributed by atoms with Gasteiger partial charge >= 0.3 is 0 Å². The number of nitrogens with zero attached hydrogens (tertiary/aromatic N) is 4. The van der Waals surface area contributed by atoms with Crippen molar-refractivity contribution in [1.82, 2.24) is 19.0 Å². The van der Waals surface area contributed by atoms with Crippen molar-refractivity contribution in [3.05, 3.63) is 46.8 Å². The predicted molar refractivity (Wildman–Crippen MR) is 116 cm³/mol. The molecule has 8 nitrogen and oxygen atoms in total. The predicted octanol–water partition coefficient (Wildman–Crippen LogP) is 1.52. The smallest absolute Gasteiger partial charge is 0.243 e. The Morgan fingerprint density at radius 2 is 1.90 bits per heavy atom.